The third-order valence-corrected chi connectivity index (χ3v) is 3.41. The van der Waals surface area contributed by atoms with E-state index in [4.69, 9.17) is 10.5 Å². The van der Waals surface area contributed by atoms with E-state index >= 15 is 0 Å². The number of rotatable bonds is 5. The van der Waals surface area contributed by atoms with Crippen LogP contribution in [0.2, 0.25) is 0 Å². The molecule has 1 atom stereocenters. The van der Waals surface area contributed by atoms with E-state index in [-0.39, 0.29) is 5.91 Å². The van der Waals surface area contributed by atoms with Gasteiger partial charge in [-0.25, -0.2) is 0 Å². The molecule has 0 unspecified atom stereocenters. The lowest BCUT2D eigenvalue weighted by Gasteiger charge is -2.15. The van der Waals surface area contributed by atoms with E-state index in [1.54, 1.807) is 43.3 Å². The van der Waals surface area contributed by atoms with Crippen molar-refractivity contribution in [3.63, 3.8) is 0 Å². The second kappa shape index (κ2) is 7.09. The van der Waals surface area contributed by atoms with E-state index in [1.807, 2.05) is 12.1 Å². The molecule has 5 nitrogen and oxygen atoms in total. The predicted octanol–water partition coefficient (Wildman–Crippen LogP) is 2.95. The van der Waals surface area contributed by atoms with Gasteiger partial charge in [-0.1, -0.05) is 22.0 Å². The van der Waals surface area contributed by atoms with E-state index in [9.17, 15) is 9.59 Å². The van der Waals surface area contributed by atoms with E-state index in [1.165, 1.54) is 0 Å². The van der Waals surface area contributed by atoms with E-state index in [2.05, 4.69) is 21.2 Å². The number of ether oxygens (including phenoxy) is 1. The number of hydrogen-bond acceptors (Lipinski definition) is 3. The molecule has 0 bridgehead atoms. The predicted molar refractivity (Wildman–Crippen MR) is 87.8 cm³/mol. The zero-order chi connectivity index (χ0) is 16.1. The van der Waals surface area contributed by atoms with Crippen LogP contribution in [0.3, 0.4) is 0 Å². The summed E-state index contributed by atoms with van der Waals surface area (Å²) in [6.07, 6.45) is -0.662. The second-order valence-electron chi connectivity index (χ2n) is 4.65. The summed E-state index contributed by atoms with van der Waals surface area (Å²) < 4.78 is 6.45. The van der Waals surface area contributed by atoms with Gasteiger partial charge >= 0.3 is 0 Å². The van der Waals surface area contributed by atoms with Crippen molar-refractivity contribution in [1.82, 2.24) is 0 Å². The third kappa shape index (κ3) is 4.33. The van der Waals surface area contributed by atoms with Gasteiger partial charge in [0.15, 0.2) is 6.10 Å². The van der Waals surface area contributed by atoms with Crippen LogP contribution in [-0.4, -0.2) is 17.9 Å². The van der Waals surface area contributed by atoms with Crippen molar-refractivity contribution in [3.05, 3.63) is 58.6 Å². The SMILES string of the molecule is C[C@@H](Oc1cccc(Br)c1)C(=O)Nc1ccc(C(N)=O)cc1. The molecule has 0 aliphatic rings. The molecule has 114 valence electrons. The maximum absolute atomic E-state index is 12.1. The molecule has 0 saturated heterocycles. The van der Waals surface area contributed by atoms with Crippen LogP contribution in [0.4, 0.5) is 5.69 Å². The lowest BCUT2D eigenvalue weighted by Crippen LogP contribution is -2.30. The molecule has 3 N–H and O–H groups in total. The highest BCUT2D eigenvalue weighted by Gasteiger charge is 2.15. The molecule has 2 rings (SSSR count). The third-order valence-electron chi connectivity index (χ3n) is 2.92. The molecule has 0 aromatic heterocycles. The molecule has 0 heterocycles. The molecule has 0 saturated carbocycles. The molecule has 0 aliphatic carbocycles. The Hall–Kier alpha value is -2.34. The largest absolute Gasteiger partial charge is 0.481 e. The van der Waals surface area contributed by atoms with Crippen molar-refractivity contribution >= 4 is 33.4 Å². The monoisotopic (exact) mass is 362 g/mol. The maximum atomic E-state index is 12.1. The van der Waals surface area contributed by atoms with Crippen molar-refractivity contribution in [1.29, 1.82) is 0 Å². The van der Waals surface area contributed by atoms with E-state index in [0.29, 0.717) is 17.0 Å². The molecule has 0 spiro atoms. The van der Waals surface area contributed by atoms with Crippen LogP contribution in [-0.2, 0) is 4.79 Å². The standard InChI is InChI=1S/C16H15BrN2O3/c1-10(22-14-4-2-3-12(17)9-14)16(21)19-13-7-5-11(6-8-13)15(18)20/h2-10H,1H3,(H2,18,20)(H,19,21)/t10-/m1/s1. The summed E-state index contributed by atoms with van der Waals surface area (Å²) in [6.45, 7) is 1.66. The Balaban J connectivity index is 1.97. The first-order valence-corrected chi connectivity index (χ1v) is 7.38. The average molecular weight is 363 g/mol. The van der Waals surface area contributed by atoms with E-state index in [0.717, 1.165) is 4.47 Å². The van der Waals surface area contributed by atoms with Gasteiger partial charge in [0.1, 0.15) is 5.75 Å². The molecular weight excluding hydrogens is 348 g/mol. The van der Waals surface area contributed by atoms with Crippen molar-refractivity contribution in [2.45, 2.75) is 13.0 Å². The van der Waals surface area contributed by atoms with Gasteiger partial charge in [0.05, 0.1) is 0 Å². The van der Waals surface area contributed by atoms with Crippen LogP contribution in [0.1, 0.15) is 17.3 Å². The number of anilines is 1. The molecule has 0 fully saturated rings. The van der Waals surface area contributed by atoms with Crippen molar-refractivity contribution in [3.8, 4) is 5.75 Å². The van der Waals surface area contributed by atoms with Gasteiger partial charge in [0.2, 0.25) is 5.91 Å². The Morgan fingerprint density at radius 2 is 1.86 bits per heavy atom. The normalized spacial score (nSPS) is 11.5. The average Bonchev–Trinajstić information content (AvgIpc) is 2.47. The molecule has 2 aromatic carbocycles. The number of primary amides is 1. The molecule has 0 aliphatic heterocycles. The fourth-order valence-corrected chi connectivity index (χ4v) is 2.14. The van der Waals surface area contributed by atoms with Gasteiger partial charge in [-0.05, 0) is 49.4 Å². The quantitative estimate of drug-likeness (QED) is 0.857. The van der Waals surface area contributed by atoms with Crippen LogP contribution in [0, 0.1) is 0 Å². The zero-order valence-electron chi connectivity index (χ0n) is 11.9. The fraction of sp³-hybridized carbons (Fsp3) is 0.125. The van der Waals surface area contributed by atoms with Crippen LogP contribution in [0.5, 0.6) is 5.75 Å². The molecule has 22 heavy (non-hydrogen) atoms. The Bertz CT molecular complexity index is 686. The van der Waals surface area contributed by atoms with Gasteiger partial charge in [0.25, 0.3) is 5.91 Å². The molecule has 2 aromatic rings. The summed E-state index contributed by atoms with van der Waals surface area (Å²) in [5.74, 6) is -0.197. The maximum Gasteiger partial charge on any atom is 0.265 e. The number of carbonyl (C=O) groups is 2. The van der Waals surface area contributed by atoms with Crippen molar-refractivity contribution < 1.29 is 14.3 Å². The Labute approximate surface area is 136 Å². The number of amides is 2. The summed E-state index contributed by atoms with van der Waals surface area (Å²) in [5, 5.41) is 2.71. The minimum Gasteiger partial charge on any atom is -0.481 e. The van der Waals surface area contributed by atoms with Crippen LogP contribution in [0.15, 0.2) is 53.0 Å². The van der Waals surface area contributed by atoms with Gasteiger partial charge in [-0.3, -0.25) is 9.59 Å². The summed E-state index contributed by atoms with van der Waals surface area (Å²) >= 11 is 3.34. The summed E-state index contributed by atoms with van der Waals surface area (Å²) in [5.41, 5.74) is 6.12. The first-order valence-electron chi connectivity index (χ1n) is 6.58. The molecule has 0 radical (unpaired) electrons. The molecular formula is C16H15BrN2O3. The number of halogens is 1. The number of nitrogens with two attached hydrogens (primary N) is 1. The van der Waals surface area contributed by atoms with Gasteiger partial charge in [-0.15, -0.1) is 0 Å². The minimum absolute atomic E-state index is 0.285. The Morgan fingerprint density at radius 3 is 2.45 bits per heavy atom. The zero-order valence-corrected chi connectivity index (χ0v) is 13.5. The molecule has 6 heteroatoms. The van der Waals surface area contributed by atoms with Crippen molar-refractivity contribution in [2.75, 3.05) is 5.32 Å². The van der Waals surface area contributed by atoms with Gasteiger partial charge in [0, 0.05) is 15.7 Å². The summed E-state index contributed by atoms with van der Waals surface area (Å²) in [7, 11) is 0. The highest BCUT2D eigenvalue weighted by molar-refractivity contribution is 9.10. The number of nitrogens with one attached hydrogen (secondary N) is 1. The van der Waals surface area contributed by atoms with Crippen LogP contribution in [0.25, 0.3) is 0 Å². The summed E-state index contributed by atoms with van der Waals surface area (Å²) in [6, 6.07) is 13.6. The second-order valence-corrected chi connectivity index (χ2v) is 5.56. The first-order chi connectivity index (χ1) is 10.5. The Morgan fingerprint density at radius 1 is 1.18 bits per heavy atom. The lowest BCUT2D eigenvalue weighted by atomic mass is 10.2. The first kappa shape index (κ1) is 16.0. The number of carbonyl (C=O) groups excluding carboxylic acids is 2. The smallest absolute Gasteiger partial charge is 0.265 e. The fourth-order valence-electron chi connectivity index (χ4n) is 1.76. The minimum atomic E-state index is -0.662. The number of benzene rings is 2. The lowest BCUT2D eigenvalue weighted by molar-refractivity contribution is -0.122. The summed E-state index contributed by atoms with van der Waals surface area (Å²) in [4.78, 5) is 23.1. The van der Waals surface area contributed by atoms with Crippen LogP contribution < -0.4 is 15.8 Å². The topological polar surface area (TPSA) is 81.4 Å². The highest BCUT2D eigenvalue weighted by atomic mass is 79.9. The number of hydrogen-bond donors (Lipinski definition) is 2. The van der Waals surface area contributed by atoms with Crippen molar-refractivity contribution in [2.24, 2.45) is 5.73 Å². The highest BCUT2D eigenvalue weighted by Crippen LogP contribution is 2.19. The Kier molecular flexibility index (Phi) is 5.16. The van der Waals surface area contributed by atoms with E-state index < -0.39 is 12.0 Å². The van der Waals surface area contributed by atoms with Gasteiger partial charge < -0.3 is 15.8 Å². The van der Waals surface area contributed by atoms with Crippen LogP contribution >= 0.6 is 15.9 Å². The van der Waals surface area contributed by atoms with Gasteiger partial charge in [-0.2, -0.15) is 0 Å². The molecule has 2 amide bonds.